The number of hydrogen-bond acceptors (Lipinski definition) is 15. The number of ether oxygens (including phenoxy) is 4. The van der Waals surface area contributed by atoms with Crippen molar-refractivity contribution in [2.75, 3.05) is 0 Å². The first-order valence-corrected chi connectivity index (χ1v) is 21.5. The monoisotopic (exact) mass is 839 g/mol. The van der Waals surface area contributed by atoms with Crippen molar-refractivity contribution in [2.24, 2.45) is 11.8 Å². The van der Waals surface area contributed by atoms with Gasteiger partial charge >= 0.3 is 23.9 Å². The minimum Gasteiger partial charge on any atom is -0.462 e. The lowest BCUT2D eigenvalue weighted by atomic mass is 9.79. The standard InChI is InChI=1S/C44H78N4O11/c1-37(2)19-27(20-38(3,4)45-37)56-33(49)17-31(35(51)58-29-23-41(9,10)47(54)42(11,12)24-29)32(36(52)59-30-25-43(13,14)48(55)44(15,16)26-30)18-34(50)57-28-21-39(5,6)46(53)40(7,8)22-28/h27-32,45,53-55H,17-26H2,1-16H3. The molecule has 2 unspecified atom stereocenters. The third-order valence-electron chi connectivity index (χ3n) is 13.0. The molecule has 4 fully saturated rings. The van der Waals surface area contributed by atoms with E-state index in [1.165, 1.54) is 15.2 Å². The van der Waals surface area contributed by atoms with Gasteiger partial charge in [-0.2, -0.15) is 15.2 Å². The Morgan fingerprint density at radius 3 is 0.915 bits per heavy atom. The van der Waals surface area contributed by atoms with Crippen LogP contribution in [0.5, 0.6) is 0 Å². The Kier molecular flexibility index (Phi) is 13.9. The zero-order valence-corrected chi connectivity index (χ0v) is 39.0. The molecule has 4 aliphatic rings. The highest BCUT2D eigenvalue weighted by molar-refractivity contribution is 5.88. The van der Waals surface area contributed by atoms with E-state index in [0.29, 0.717) is 25.7 Å². The van der Waals surface area contributed by atoms with Crippen LogP contribution in [0.15, 0.2) is 0 Å². The summed E-state index contributed by atoms with van der Waals surface area (Å²) in [6, 6.07) is 0. The summed E-state index contributed by atoms with van der Waals surface area (Å²) >= 11 is 0. The summed E-state index contributed by atoms with van der Waals surface area (Å²) in [7, 11) is 0. The van der Waals surface area contributed by atoms with E-state index in [-0.39, 0.29) is 36.8 Å². The second-order valence-corrected chi connectivity index (χ2v) is 23.3. The number of carbonyl (C=O) groups is 4. The number of piperidine rings is 4. The van der Waals surface area contributed by atoms with E-state index >= 15 is 0 Å². The molecule has 340 valence electrons. The number of nitrogens with one attached hydrogen (secondary N) is 1. The van der Waals surface area contributed by atoms with E-state index in [9.17, 15) is 34.8 Å². The van der Waals surface area contributed by atoms with E-state index in [0.717, 1.165) is 0 Å². The van der Waals surface area contributed by atoms with Crippen LogP contribution in [-0.4, -0.2) is 123 Å². The maximum Gasteiger partial charge on any atom is 0.310 e. The van der Waals surface area contributed by atoms with Crippen molar-refractivity contribution in [3.05, 3.63) is 0 Å². The molecule has 15 heteroatoms. The largest absolute Gasteiger partial charge is 0.462 e. The van der Waals surface area contributed by atoms with Gasteiger partial charge in [0.15, 0.2) is 0 Å². The first-order chi connectivity index (χ1) is 26.5. The molecule has 0 saturated carbocycles. The molecule has 59 heavy (non-hydrogen) atoms. The summed E-state index contributed by atoms with van der Waals surface area (Å²) in [4.78, 5) is 57.5. The summed E-state index contributed by atoms with van der Waals surface area (Å²) in [5, 5.41) is 40.2. The number of carbonyl (C=O) groups excluding carboxylic acids is 4. The number of esters is 4. The Balaban J connectivity index is 1.71. The van der Waals surface area contributed by atoms with Crippen molar-refractivity contribution in [3.8, 4) is 0 Å². The van der Waals surface area contributed by atoms with Gasteiger partial charge < -0.3 is 39.9 Å². The predicted molar refractivity (Wildman–Crippen MR) is 219 cm³/mol. The van der Waals surface area contributed by atoms with Gasteiger partial charge in [-0.25, -0.2) is 0 Å². The number of hydrogen-bond donors (Lipinski definition) is 4. The number of rotatable bonds is 11. The van der Waals surface area contributed by atoms with E-state index in [2.05, 4.69) is 5.32 Å². The van der Waals surface area contributed by atoms with Crippen LogP contribution in [0.3, 0.4) is 0 Å². The summed E-state index contributed by atoms with van der Waals surface area (Å²) in [5.41, 5.74) is -5.25. The third-order valence-corrected chi connectivity index (χ3v) is 13.0. The summed E-state index contributed by atoms with van der Waals surface area (Å²) in [6.45, 7) is 30.2. The third kappa shape index (κ3) is 12.0. The van der Waals surface area contributed by atoms with Crippen molar-refractivity contribution in [1.29, 1.82) is 0 Å². The fourth-order valence-electron chi connectivity index (χ4n) is 11.2. The lowest BCUT2D eigenvalue weighted by Gasteiger charge is -2.51. The fraction of sp³-hybridized carbons (Fsp3) is 0.909. The van der Waals surface area contributed by atoms with Crippen molar-refractivity contribution in [1.82, 2.24) is 20.5 Å². The van der Waals surface area contributed by atoms with E-state index < -0.39 is 106 Å². The highest BCUT2D eigenvalue weighted by atomic mass is 16.6. The first kappa shape index (κ1) is 49.3. The molecule has 0 bridgehead atoms. The normalized spacial score (nSPS) is 28.2. The average molecular weight is 839 g/mol. The Labute approximate surface area is 353 Å². The molecular formula is C44H78N4O11. The Morgan fingerprint density at radius 2 is 0.661 bits per heavy atom. The van der Waals surface area contributed by atoms with Crippen LogP contribution in [0.4, 0.5) is 0 Å². The number of nitrogens with zero attached hydrogens (tertiary/aromatic N) is 3. The van der Waals surface area contributed by atoms with Gasteiger partial charge in [0.1, 0.15) is 24.4 Å². The molecule has 0 radical (unpaired) electrons. The molecule has 15 nitrogen and oxygen atoms in total. The fourth-order valence-corrected chi connectivity index (χ4v) is 11.2. The number of hydroxylamine groups is 6. The van der Waals surface area contributed by atoms with E-state index in [1.807, 2.05) is 111 Å². The zero-order valence-electron chi connectivity index (χ0n) is 39.0. The summed E-state index contributed by atoms with van der Waals surface area (Å²) in [5.74, 6) is -6.18. The second kappa shape index (κ2) is 16.7. The van der Waals surface area contributed by atoms with Gasteiger partial charge in [-0.15, -0.1) is 0 Å². The second-order valence-electron chi connectivity index (χ2n) is 23.3. The average Bonchev–Trinajstić information content (AvgIpc) is 3.00. The van der Waals surface area contributed by atoms with Gasteiger partial charge in [-0.3, -0.25) is 19.2 Å². The van der Waals surface area contributed by atoms with Crippen LogP contribution < -0.4 is 5.32 Å². The Hall–Kier alpha value is -2.40. The molecule has 0 aromatic rings. The van der Waals surface area contributed by atoms with Crippen molar-refractivity contribution >= 4 is 23.9 Å². The maximum absolute atomic E-state index is 14.7. The van der Waals surface area contributed by atoms with Crippen LogP contribution in [0.25, 0.3) is 0 Å². The molecule has 0 aliphatic carbocycles. The molecular weight excluding hydrogens is 761 g/mol. The molecule has 0 amide bonds. The SMILES string of the molecule is CC1(C)CC(OC(=O)CC(C(=O)OC2CC(C)(C)N(O)C(C)(C)C2)C(CC(=O)OC2CC(C)(C)N(O)C(C)(C)C2)C(=O)OC2CC(C)(C)N(O)C(C)(C)C2)CC(C)(C)N1. The van der Waals surface area contributed by atoms with E-state index in [4.69, 9.17) is 18.9 Å². The molecule has 4 N–H and O–H groups in total. The Bertz CT molecular complexity index is 1500. The molecule has 4 aliphatic heterocycles. The topological polar surface area (TPSA) is 188 Å². The van der Waals surface area contributed by atoms with Crippen LogP contribution >= 0.6 is 0 Å². The highest BCUT2D eigenvalue weighted by Gasteiger charge is 2.52. The van der Waals surface area contributed by atoms with E-state index in [1.54, 1.807) is 0 Å². The van der Waals surface area contributed by atoms with Gasteiger partial charge in [-0.1, -0.05) is 0 Å². The summed E-state index contributed by atoms with van der Waals surface area (Å²) < 4.78 is 24.5. The van der Waals surface area contributed by atoms with Gasteiger partial charge in [0.2, 0.25) is 0 Å². The van der Waals surface area contributed by atoms with Crippen LogP contribution in [0, 0.1) is 11.8 Å². The van der Waals surface area contributed by atoms with Crippen LogP contribution in [-0.2, 0) is 38.1 Å². The van der Waals surface area contributed by atoms with Gasteiger partial charge in [0.25, 0.3) is 0 Å². The maximum atomic E-state index is 14.7. The molecule has 4 saturated heterocycles. The molecule has 2 atom stereocenters. The van der Waals surface area contributed by atoms with Crippen molar-refractivity contribution in [2.45, 2.75) is 244 Å². The molecule has 0 spiro atoms. The van der Waals surface area contributed by atoms with Crippen LogP contribution in [0.2, 0.25) is 0 Å². The van der Waals surface area contributed by atoms with Gasteiger partial charge in [0.05, 0.1) is 24.7 Å². The van der Waals surface area contributed by atoms with Crippen molar-refractivity contribution in [3.63, 3.8) is 0 Å². The summed E-state index contributed by atoms with van der Waals surface area (Å²) in [6.07, 6.45) is -0.875. The minimum atomic E-state index is -1.50. The molecule has 0 aromatic carbocycles. The smallest absolute Gasteiger partial charge is 0.310 e. The molecule has 0 aromatic heterocycles. The highest BCUT2D eigenvalue weighted by Crippen LogP contribution is 2.42. The van der Waals surface area contributed by atoms with Gasteiger partial charge in [-0.05, 0) is 111 Å². The van der Waals surface area contributed by atoms with Crippen LogP contribution in [0.1, 0.15) is 175 Å². The minimum absolute atomic E-state index is 0.266. The molecule has 4 heterocycles. The zero-order chi connectivity index (χ0) is 45.1. The van der Waals surface area contributed by atoms with Crippen molar-refractivity contribution < 1.29 is 53.7 Å². The molecule has 4 rings (SSSR count). The quantitative estimate of drug-likeness (QED) is 0.127. The Morgan fingerprint density at radius 1 is 0.441 bits per heavy atom. The predicted octanol–water partition coefficient (Wildman–Crippen LogP) is 6.71. The first-order valence-electron chi connectivity index (χ1n) is 21.5. The lowest BCUT2D eigenvalue weighted by Crippen LogP contribution is -2.61. The van der Waals surface area contributed by atoms with Gasteiger partial charge in [0, 0.05) is 95.7 Å². The lowest BCUT2D eigenvalue weighted by molar-refractivity contribution is -0.261.